The maximum atomic E-state index is 12.0. The Morgan fingerprint density at radius 3 is 1.58 bits per heavy atom. The number of esters is 5. The van der Waals surface area contributed by atoms with Crippen molar-refractivity contribution in [2.75, 3.05) is 6.61 Å². The zero-order valence-corrected chi connectivity index (χ0v) is 44.3. The Labute approximate surface area is 427 Å². The molecule has 0 atom stereocenters. The molecule has 0 spiro atoms. The van der Waals surface area contributed by atoms with E-state index in [2.05, 4.69) is 0 Å². The minimum absolute atomic E-state index is 0.158. The van der Waals surface area contributed by atoms with E-state index in [1.807, 2.05) is 113 Å². The highest BCUT2D eigenvalue weighted by molar-refractivity contribution is 5.87. The standard InChI is InChI=1S/C15H18O4.C15H16O4.C15H20O3.C14H16O3/c1-4-15(2,3)14(17)18-11-6-7-12-10(9-11)5-8-13(16)19-12;1-4-15(2,3)14(17)19-10-5-6-13-11(9-10)12(16)7-8-18-13;1-4-15(2,3)14(16)18-12-7-8-13-11(10-12)6-5-9-17-13;1-4-14(2,3)13(15)17-11-7-5-6-10-8-9-16-12(10)11/h6-7,9H,4-5,8H2,1-3H3;5-9H,4H2,1-3H3;7-8,10H,4-6,9H2,1-3H3;5-9H,4H2,1-3H3. The molecule has 14 heteroatoms. The van der Waals surface area contributed by atoms with E-state index in [0.717, 1.165) is 54.6 Å². The summed E-state index contributed by atoms with van der Waals surface area (Å²) >= 11 is 0. The number of carbonyl (C=O) groups excluding carboxylic acids is 5. The number of aryl methyl sites for hydroxylation is 2. The Morgan fingerprint density at radius 1 is 0.521 bits per heavy atom. The van der Waals surface area contributed by atoms with Gasteiger partial charge in [-0.2, -0.15) is 0 Å². The molecule has 2 aliphatic heterocycles. The number of ether oxygens (including phenoxy) is 6. The summed E-state index contributed by atoms with van der Waals surface area (Å²) in [5.74, 6) is 2.25. The van der Waals surface area contributed by atoms with Crippen LogP contribution in [0.2, 0.25) is 0 Å². The number of furan rings is 1. The molecule has 390 valence electrons. The Kier molecular flexibility index (Phi) is 19.0. The zero-order chi connectivity index (χ0) is 53.7. The molecule has 6 aromatic rings. The summed E-state index contributed by atoms with van der Waals surface area (Å²) in [5, 5.41) is 1.34. The van der Waals surface area contributed by atoms with Crippen molar-refractivity contribution in [3.05, 3.63) is 119 Å². The molecule has 4 heterocycles. The number of hydrogen-bond donors (Lipinski definition) is 0. The van der Waals surface area contributed by atoms with E-state index in [1.54, 1.807) is 48.7 Å². The van der Waals surface area contributed by atoms with Gasteiger partial charge in [-0.3, -0.25) is 28.8 Å². The van der Waals surface area contributed by atoms with Crippen molar-refractivity contribution < 1.29 is 61.2 Å². The average Bonchev–Trinajstić information content (AvgIpc) is 3.87. The van der Waals surface area contributed by atoms with Crippen LogP contribution in [0.25, 0.3) is 21.9 Å². The van der Waals surface area contributed by atoms with Crippen LogP contribution in [0.1, 0.15) is 133 Å². The third-order valence-corrected chi connectivity index (χ3v) is 13.4. The van der Waals surface area contributed by atoms with Gasteiger partial charge in [0.15, 0.2) is 16.8 Å². The van der Waals surface area contributed by atoms with Gasteiger partial charge >= 0.3 is 29.8 Å². The second kappa shape index (κ2) is 24.5. The van der Waals surface area contributed by atoms with Gasteiger partial charge < -0.3 is 37.3 Å². The van der Waals surface area contributed by atoms with Gasteiger partial charge in [-0.05, 0) is 178 Å². The Hall–Kier alpha value is -7.22. The van der Waals surface area contributed by atoms with Gasteiger partial charge in [-0.1, -0.05) is 39.8 Å². The molecular formula is C59H70O14. The molecule has 73 heavy (non-hydrogen) atoms. The molecule has 2 aromatic heterocycles. The van der Waals surface area contributed by atoms with Crippen molar-refractivity contribution in [2.24, 2.45) is 21.7 Å². The largest absolute Gasteiger partial charge is 0.493 e. The third-order valence-electron chi connectivity index (χ3n) is 13.4. The van der Waals surface area contributed by atoms with E-state index in [1.165, 1.54) is 18.4 Å². The summed E-state index contributed by atoms with van der Waals surface area (Å²) in [6.07, 6.45) is 8.82. The van der Waals surface area contributed by atoms with Crippen molar-refractivity contribution in [1.82, 2.24) is 0 Å². The van der Waals surface area contributed by atoms with E-state index in [0.29, 0.717) is 71.0 Å². The van der Waals surface area contributed by atoms with E-state index >= 15 is 0 Å². The molecule has 0 N–H and O–H groups in total. The highest BCUT2D eigenvalue weighted by Crippen LogP contribution is 2.34. The molecule has 8 rings (SSSR count). The molecule has 0 aliphatic carbocycles. The number of carbonyl (C=O) groups is 5. The predicted molar refractivity (Wildman–Crippen MR) is 278 cm³/mol. The molecule has 0 saturated carbocycles. The van der Waals surface area contributed by atoms with E-state index in [-0.39, 0.29) is 35.3 Å². The van der Waals surface area contributed by atoms with E-state index in [4.69, 9.17) is 37.3 Å². The number of hydrogen-bond acceptors (Lipinski definition) is 14. The van der Waals surface area contributed by atoms with Crippen molar-refractivity contribution in [3.8, 4) is 34.5 Å². The molecule has 14 nitrogen and oxygen atoms in total. The fourth-order valence-electron chi connectivity index (χ4n) is 6.45. The lowest BCUT2D eigenvalue weighted by molar-refractivity contribution is -0.144. The van der Waals surface area contributed by atoms with Crippen LogP contribution in [0.4, 0.5) is 0 Å². The first kappa shape index (κ1) is 56.7. The van der Waals surface area contributed by atoms with Gasteiger partial charge in [0, 0.05) is 11.5 Å². The van der Waals surface area contributed by atoms with Crippen LogP contribution in [0.3, 0.4) is 0 Å². The Morgan fingerprint density at radius 2 is 1.01 bits per heavy atom. The van der Waals surface area contributed by atoms with Gasteiger partial charge in [0.2, 0.25) is 0 Å². The van der Waals surface area contributed by atoms with Crippen molar-refractivity contribution in [1.29, 1.82) is 0 Å². The summed E-state index contributed by atoms with van der Waals surface area (Å²) in [6.45, 7) is 23.5. The fourth-order valence-corrected chi connectivity index (χ4v) is 6.45. The fraction of sp³-hybridized carbons (Fsp3) is 0.424. The summed E-state index contributed by atoms with van der Waals surface area (Å²) in [5.41, 5.74) is 1.00. The third kappa shape index (κ3) is 15.2. The van der Waals surface area contributed by atoms with Crippen LogP contribution in [0.15, 0.2) is 111 Å². The first-order chi connectivity index (χ1) is 34.4. The maximum Gasteiger partial charge on any atom is 0.317 e. The van der Waals surface area contributed by atoms with Crippen LogP contribution >= 0.6 is 0 Å². The molecule has 0 fully saturated rings. The van der Waals surface area contributed by atoms with Crippen molar-refractivity contribution in [3.63, 3.8) is 0 Å². The molecular weight excluding hydrogens is 933 g/mol. The van der Waals surface area contributed by atoms with Crippen LogP contribution < -0.4 is 33.8 Å². The minimum Gasteiger partial charge on any atom is -0.493 e. The number of rotatable bonds is 12. The summed E-state index contributed by atoms with van der Waals surface area (Å²) in [6, 6.07) is 24.2. The Bertz CT molecular complexity index is 2970. The van der Waals surface area contributed by atoms with Crippen LogP contribution in [-0.2, 0) is 36.8 Å². The number of para-hydroxylation sites is 1. The summed E-state index contributed by atoms with van der Waals surface area (Å²) in [4.78, 5) is 70.7. The van der Waals surface area contributed by atoms with Crippen molar-refractivity contribution >= 4 is 51.8 Å². The smallest absolute Gasteiger partial charge is 0.317 e. The molecule has 0 saturated heterocycles. The van der Waals surface area contributed by atoms with Gasteiger partial charge in [0.05, 0.1) is 52.6 Å². The van der Waals surface area contributed by atoms with Gasteiger partial charge in [0.25, 0.3) is 0 Å². The zero-order valence-electron chi connectivity index (χ0n) is 44.3. The molecule has 2 aliphatic rings. The molecule has 0 bridgehead atoms. The van der Waals surface area contributed by atoms with Gasteiger partial charge in [0.1, 0.15) is 34.3 Å². The second-order valence-corrected chi connectivity index (χ2v) is 20.5. The second-order valence-electron chi connectivity index (χ2n) is 20.5. The van der Waals surface area contributed by atoms with Gasteiger partial charge in [-0.25, -0.2) is 0 Å². The summed E-state index contributed by atoms with van der Waals surface area (Å²) in [7, 11) is 0. The number of benzene rings is 4. The predicted octanol–water partition coefficient (Wildman–Crippen LogP) is 13.1. The lowest BCUT2D eigenvalue weighted by Gasteiger charge is -2.21. The lowest BCUT2D eigenvalue weighted by Crippen LogP contribution is -2.28. The normalized spacial score (nSPS) is 13.1. The van der Waals surface area contributed by atoms with Crippen molar-refractivity contribution in [2.45, 2.75) is 134 Å². The molecule has 0 amide bonds. The number of fused-ring (bicyclic) bond motifs is 4. The highest BCUT2D eigenvalue weighted by Gasteiger charge is 2.31. The van der Waals surface area contributed by atoms with Crippen LogP contribution in [-0.4, -0.2) is 36.5 Å². The lowest BCUT2D eigenvalue weighted by atomic mass is 9.91. The monoisotopic (exact) mass is 1000 g/mol. The first-order valence-electron chi connectivity index (χ1n) is 24.9. The topological polar surface area (TPSA) is 184 Å². The average molecular weight is 1000 g/mol. The Balaban J connectivity index is 0.000000181. The van der Waals surface area contributed by atoms with Gasteiger partial charge in [-0.15, -0.1) is 0 Å². The van der Waals surface area contributed by atoms with E-state index in [9.17, 15) is 28.8 Å². The quantitative estimate of drug-likeness (QED) is 0.0833. The molecule has 0 radical (unpaired) electrons. The first-order valence-corrected chi connectivity index (χ1v) is 24.9. The van der Waals surface area contributed by atoms with Crippen LogP contribution in [0, 0.1) is 21.7 Å². The van der Waals surface area contributed by atoms with E-state index < -0.39 is 21.7 Å². The highest BCUT2D eigenvalue weighted by atomic mass is 16.6. The summed E-state index contributed by atoms with van der Waals surface area (Å²) < 4.78 is 42.7. The molecule has 4 aromatic carbocycles. The molecule has 0 unspecified atom stereocenters. The van der Waals surface area contributed by atoms with Crippen LogP contribution in [0.5, 0.6) is 34.5 Å². The maximum absolute atomic E-state index is 12.0. The SMILES string of the molecule is CCC(C)(C)C(=O)Oc1ccc2c(c1)CCC(=O)O2.CCC(C)(C)C(=O)Oc1ccc2c(c1)CCCO2.CCC(C)(C)C(=O)Oc1ccc2occc(=O)c2c1.CCC(C)(C)C(=O)Oc1cccc2ccoc12. The minimum atomic E-state index is -0.545.